The molecule has 1 aliphatic carbocycles. The molecule has 2 atom stereocenters. The lowest BCUT2D eigenvalue weighted by atomic mass is 10.1. The maximum Gasteiger partial charge on any atom is 0.328 e. The second kappa shape index (κ2) is 13.0. The molecule has 12 heteroatoms. The van der Waals surface area contributed by atoms with E-state index in [-0.39, 0.29) is 40.3 Å². The van der Waals surface area contributed by atoms with Crippen molar-refractivity contribution < 1.29 is 24.3 Å². The number of hydrogen-bond donors (Lipinski definition) is 5. The Labute approximate surface area is 245 Å². The van der Waals surface area contributed by atoms with E-state index in [0.29, 0.717) is 5.02 Å². The molecule has 4 amide bonds. The largest absolute Gasteiger partial charge is 0.480 e. The molecule has 0 aliphatic heterocycles. The number of fused-ring (bicyclic) bond motifs is 1. The van der Waals surface area contributed by atoms with Gasteiger partial charge in [-0.2, -0.15) is 0 Å². The van der Waals surface area contributed by atoms with E-state index in [1.54, 1.807) is 24.3 Å². The number of carboxylic acids is 1. The van der Waals surface area contributed by atoms with Crippen LogP contribution in [0.25, 0.3) is 0 Å². The number of carbonyl (C=O) groups excluding carboxylic acids is 3. The molecule has 3 aromatic rings. The number of aryl methyl sites for hydroxylation is 1. The topological polar surface area (TPSA) is 137 Å². The first-order chi connectivity index (χ1) is 19.1. The van der Waals surface area contributed by atoms with Crippen LogP contribution in [-0.4, -0.2) is 41.5 Å². The van der Waals surface area contributed by atoms with Gasteiger partial charge in [-0.05, 0) is 53.8 Å². The third-order valence-electron chi connectivity index (χ3n) is 6.38. The minimum absolute atomic E-state index is 0.107. The van der Waals surface area contributed by atoms with Crippen molar-refractivity contribution in [2.24, 2.45) is 0 Å². The van der Waals surface area contributed by atoms with Crippen LogP contribution in [0.4, 0.5) is 4.79 Å². The summed E-state index contributed by atoms with van der Waals surface area (Å²) in [5, 5.41) is 20.2. The van der Waals surface area contributed by atoms with Crippen molar-refractivity contribution in [2.75, 3.05) is 6.54 Å². The molecule has 9 nitrogen and oxygen atoms in total. The Kier molecular flexibility index (Phi) is 9.52. The van der Waals surface area contributed by atoms with Crippen molar-refractivity contribution in [1.82, 2.24) is 21.3 Å². The predicted molar refractivity (Wildman–Crippen MR) is 152 cm³/mol. The molecule has 0 saturated carbocycles. The minimum atomic E-state index is -1.47. The number of carboxylic acid groups (broad SMARTS) is 1. The first-order valence-electron chi connectivity index (χ1n) is 12.3. The lowest BCUT2D eigenvalue weighted by Crippen LogP contribution is -2.50. The van der Waals surface area contributed by atoms with Gasteiger partial charge in [0, 0.05) is 17.1 Å². The van der Waals surface area contributed by atoms with E-state index in [4.69, 9.17) is 34.8 Å². The van der Waals surface area contributed by atoms with Gasteiger partial charge in [0.1, 0.15) is 6.04 Å². The molecule has 40 heavy (non-hydrogen) atoms. The van der Waals surface area contributed by atoms with Crippen LogP contribution < -0.4 is 21.3 Å². The van der Waals surface area contributed by atoms with Crippen molar-refractivity contribution >= 4 is 58.6 Å². The van der Waals surface area contributed by atoms with Gasteiger partial charge in [0.05, 0.1) is 28.2 Å². The maximum absolute atomic E-state index is 12.9. The summed E-state index contributed by atoms with van der Waals surface area (Å²) in [4.78, 5) is 49.8. The zero-order chi connectivity index (χ0) is 28.8. The molecular weight excluding hydrogens is 579 g/mol. The summed E-state index contributed by atoms with van der Waals surface area (Å²) in [6.07, 6.45) is 1.57. The average Bonchev–Trinajstić information content (AvgIpc) is 3.31. The van der Waals surface area contributed by atoms with Gasteiger partial charge in [-0.15, -0.1) is 0 Å². The number of halogens is 3. The SMILES string of the molecule is O=C(NCC(NC(=O)c1c(Cl)cc(C(=O)NCc2cccc(Cl)c2)cc1Cl)C(=O)O)N[C@@H]1CCc2ccccc21. The lowest BCUT2D eigenvalue weighted by molar-refractivity contribution is -0.139. The minimum Gasteiger partial charge on any atom is -0.480 e. The van der Waals surface area contributed by atoms with Crippen LogP contribution in [0, 0.1) is 0 Å². The Morgan fingerprint density at radius 2 is 1.62 bits per heavy atom. The van der Waals surface area contributed by atoms with Gasteiger partial charge in [0.2, 0.25) is 0 Å². The molecule has 3 aromatic carbocycles. The molecule has 208 valence electrons. The summed E-state index contributed by atoms with van der Waals surface area (Å²) in [7, 11) is 0. The first-order valence-corrected chi connectivity index (χ1v) is 13.4. The van der Waals surface area contributed by atoms with Gasteiger partial charge in [-0.25, -0.2) is 9.59 Å². The van der Waals surface area contributed by atoms with E-state index in [0.717, 1.165) is 29.5 Å². The van der Waals surface area contributed by atoms with Crippen LogP contribution >= 0.6 is 34.8 Å². The molecule has 0 bridgehead atoms. The maximum atomic E-state index is 12.9. The molecule has 0 saturated heterocycles. The summed E-state index contributed by atoms with van der Waals surface area (Å²) >= 11 is 18.5. The van der Waals surface area contributed by atoms with Gasteiger partial charge in [0.15, 0.2) is 0 Å². The molecule has 0 aromatic heterocycles. The average molecular weight is 604 g/mol. The Hall–Kier alpha value is -3.79. The van der Waals surface area contributed by atoms with E-state index in [1.807, 2.05) is 24.3 Å². The highest BCUT2D eigenvalue weighted by Crippen LogP contribution is 2.30. The third-order valence-corrected chi connectivity index (χ3v) is 7.21. The molecule has 0 radical (unpaired) electrons. The third kappa shape index (κ3) is 7.24. The smallest absolute Gasteiger partial charge is 0.328 e. The zero-order valence-corrected chi connectivity index (χ0v) is 23.2. The number of hydrogen-bond acceptors (Lipinski definition) is 4. The fraction of sp³-hybridized carbons (Fsp3) is 0.214. The van der Waals surface area contributed by atoms with Crippen LogP contribution in [0.1, 0.15) is 49.9 Å². The van der Waals surface area contributed by atoms with E-state index < -0.39 is 29.9 Å². The van der Waals surface area contributed by atoms with E-state index >= 15 is 0 Å². The van der Waals surface area contributed by atoms with E-state index in [9.17, 15) is 24.3 Å². The Morgan fingerprint density at radius 3 is 2.33 bits per heavy atom. The molecule has 1 unspecified atom stereocenters. The van der Waals surface area contributed by atoms with Gasteiger partial charge < -0.3 is 26.4 Å². The molecule has 4 rings (SSSR count). The van der Waals surface area contributed by atoms with Crippen molar-refractivity contribution in [1.29, 1.82) is 0 Å². The Morgan fingerprint density at radius 1 is 0.900 bits per heavy atom. The van der Waals surface area contributed by atoms with Crippen LogP contribution in [0.3, 0.4) is 0 Å². The quantitative estimate of drug-likeness (QED) is 0.241. The number of carbonyl (C=O) groups is 4. The summed E-state index contributed by atoms with van der Waals surface area (Å²) in [5.74, 6) is -2.73. The first kappa shape index (κ1) is 29.2. The number of rotatable bonds is 9. The molecule has 0 fully saturated rings. The Balaban J connectivity index is 1.35. The summed E-state index contributed by atoms with van der Waals surface area (Å²) < 4.78 is 0. The second-order valence-corrected chi connectivity index (χ2v) is 10.4. The fourth-order valence-electron chi connectivity index (χ4n) is 4.39. The lowest BCUT2D eigenvalue weighted by Gasteiger charge is -2.19. The van der Waals surface area contributed by atoms with E-state index in [2.05, 4.69) is 21.3 Å². The predicted octanol–water partition coefficient (Wildman–Crippen LogP) is 4.75. The van der Waals surface area contributed by atoms with Gasteiger partial charge >= 0.3 is 12.0 Å². The van der Waals surface area contributed by atoms with Gasteiger partial charge in [0.25, 0.3) is 11.8 Å². The van der Waals surface area contributed by atoms with Crippen LogP contribution in [0.15, 0.2) is 60.7 Å². The molecule has 1 aliphatic rings. The fourth-order valence-corrected chi connectivity index (χ4v) is 5.27. The number of urea groups is 1. The van der Waals surface area contributed by atoms with Crippen LogP contribution in [-0.2, 0) is 17.8 Å². The summed E-state index contributed by atoms with van der Waals surface area (Å²) in [6, 6.07) is 15.0. The number of benzene rings is 3. The Bertz CT molecular complexity index is 1440. The second-order valence-electron chi connectivity index (χ2n) is 9.14. The van der Waals surface area contributed by atoms with Gasteiger partial charge in [-0.3, -0.25) is 9.59 Å². The highest BCUT2D eigenvalue weighted by atomic mass is 35.5. The zero-order valence-electron chi connectivity index (χ0n) is 21.0. The van der Waals surface area contributed by atoms with Gasteiger partial charge in [-0.1, -0.05) is 71.2 Å². The van der Waals surface area contributed by atoms with Crippen molar-refractivity contribution in [3.05, 3.63) is 104 Å². The number of amides is 4. The highest BCUT2D eigenvalue weighted by Gasteiger charge is 2.27. The highest BCUT2D eigenvalue weighted by molar-refractivity contribution is 6.40. The van der Waals surface area contributed by atoms with Crippen molar-refractivity contribution in [2.45, 2.75) is 31.5 Å². The van der Waals surface area contributed by atoms with Crippen LogP contribution in [0.2, 0.25) is 15.1 Å². The summed E-state index contributed by atoms with van der Waals surface area (Å²) in [6.45, 7) is -0.189. The van der Waals surface area contributed by atoms with Crippen LogP contribution in [0.5, 0.6) is 0 Å². The van der Waals surface area contributed by atoms with Crippen molar-refractivity contribution in [3.63, 3.8) is 0 Å². The van der Waals surface area contributed by atoms with Crippen molar-refractivity contribution in [3.8, 4) is 0 Å². The molecular formula is C28H25Cl3N4O5. The molecule has 0 spiro atoms. The monoisotopic (exact) mass is 602 g/mol. The molecule has 5 N–H and O–H groups in total. The van der Waals surface area contributed by atoms with E-state index in [1.165, 1.54) is 12.1 Å². The standard InChI is InChI=1S/C28H25Cl3N4O5/c29-18-6-3-4-15(10-18)13-32-25(36)17-11-20(30)24(21(31)12-17)26(37)34-23(27(38)39)14-33-28(40)35-22-9-8-16-5-1-2-7-19(16)22/h1-7,10-12,22-23H,8-9,13-14H2,(H,32,36)(H,34,37)(H,38,39)(H2,33,35,40)/t22-,23?/m1/s1. The number of nitrogens with one attached hydrogen (secondary N) is 4. The number of aliphatic carboxylic acids is 1. The summed E-state index contributed by atoms with van der Waals surface area (Å²) in [5.41, 5.74) is 2.86. The molecule has 0 heterocycles. The normalized spacial score (nSPS) is 14.5.